The average molecular weight is 281 g/mol. The summed E-state index contributed by atoms with van der Waals surface area (Å²) in [6.07, 6.45) is 2.07. The second-order valence-electron chi connectivity index (χ2n) is 4.67. The Bertz CT molecular complexity index is 423. The SMILES string of the molecule is CSC(CO)C(C)NC(=O)C1Cc2ccccc2O1. The van der Waals surface area contributed by atoms with Crippen molar-refractivity contribution in [2.75, 3.05) is 12.9 Å². The summed E-state index contributed by atoms with van der Waals surface area (Å²) >= 11 is 1.54. The highest BCUT2D eigenvalue weighted by atomic mass is 32.2. The molecule has 0 saturated heterocycles. The van der Waals surface area contributed by atoms with Crippen LogP contribution in [0, 0.1) is 0 Å². The summed E-state index contributed by atoms with van der Waals surface area (Å²) in [6.45, 7) is 1.95. The first-order valence-electron chi connectivity index (χ1n) is 6.34. The molecule has 0 spiro atoms. The lowest BCUT2D eigenvalue weighted by molar-refractivity contribution is -0.127. The summed E-state index contributed by atoms with van der Waals surface area (Å²) in [5, 5.41) is 12.1. The van der Waals surface area contributed by atoms with Crippen LogP contribution in [0.25, 0.3) is 0 Å². The van der Waals surface area contributed by atoms with E-state index in [0.29, 0.717) is 6.42 Å². The smallest absolute Gasteiger partial charge is 0.261 e. The van der Waals surface area contributed by atoms with Gasteiger partial charge in [-0.15, -0.1) is 0 Å². The van der Waals surface area contributed by atoms with Crippen LogP contribution < -0.4 is 10.1 Å². The van der Waals surface area contributed by atoms with Crippen LogP contribution in [0.5, 0.6) is 5.75 Å². The third-order valence-electron chi connectivity index (χ3n) is 3.35. The van der Waals surface area contributed by atoms with E-state index in [0.717, 1.165) is 11.3 Å². The minimum absolute atomic E-state index is 0.00716. The number of amides is 1. The number of carbonyl (C=O) groups excluding carboxylic acids is 1. The molecule has 1 aromatic carbocycles. The number of fused-ring (bicyclic) bond motifs is 1. The van der Waals surface area contributed by atoms with Gasteiger partial charge in [-0.2, -0.15) is 11.8 Å². The van der Waals surface area contributed by atoms with Crippen molar-refractivity contribution in [1.29, 1.82) is 0 Å². The first kappa shape index (κ1) is 14.2. The molecule has 2 N–H and O–H groups in total. The molecule has 1 aromatic rings. The van der Waals surface area contributed by atoms with Crippen LogP contribution in [0.1, 0.15) is 12.5 Å². The van der Waals surface area contributed by atoms with Gasteiger partial charge in [-0.1, -0.05) is 18.2 Å². The molecule has 2 rings (SSSR count). The molecule has 19 heavy (non-hydrogen) atoms. The summed E-state index contributed by atoms with van der Waals surface area (Å²) < 4.78 is 5.64. The van der Waals surface area contributed by atoms with Gasteiger partial charge in [-0.05, 0) is 24.8 Å². The monoisotopic (exact) mass is 281 g/mol. The van der Waals surface area contributed by atoms with Crippen LogP contribution >= 0.6 is 11.8 Å². The molecule has 1 heterocycles. The standard InChI is InChI=1S/C14H19NO3S/c1-9(13(8-16)19-2)15-14(17)12-7-10-5-3-4-6-11(10)18-12/h3-6,9,12-13,16H,7-8H2,1-2H3,(H,15,17). The molecule has 3 unspecified atom stereocenters. The highest BCUT2D eigenvalue weighted by molar-refractivity contribution is 7.99. The zero-order valence-electron chi connectivity index (χ0n) is 11.1. The first-order valence-corrected chi connectivity index (χ1v) is 7.63. The van der Waals surface area contributed by atoms with Crippen LogP contribution in [0.3, 0.4) is 0 Å². The summed E-state index contributed by atoms with van der Waals surface area (Å²) in [7, 11) is 0. The van der Waals surface area contributed by atoms with Crippen molar-refractivity contribution in [2.24, 2.45) is 0 Å². The number of rotatable bonds is 5. The number of ether oxygens (including phenoxy) is 1. The maximum atomic E-state index is 12.1. The maximum absolute atomic E-state index is 12.1. The fraction of sp³-hybridized carbons (Fsp3) is 0.500. The topological polar surface area (TPSA) is 58.6 Å². The molecule has 4 nitrogen and oxygen atoms in total. The zero-order chi connectivity index (χ0) is 13.8. The number of benzene rings is 1. The van der Waals surface area contributed by atoms with E-state index in [4.69, 9.17) is 4.74 Å². The van der Waals surface area contributed by atoms with Crippen molar-refractivity contribution in [3.8, 4) is 5.75 Å². The molecule has 0 saturated carbocycles. The van der Waals surface area contributed by atoms with E-state index in [1.165, 1.54) is 0 Å². The van der Waals surface area contributed by atoms with E-state index in [1.54, 1.807) is 11.8 Å². The predicted octanol–water partition coefficient (Wildman–Crippen LogP) is 1.22. The van der Waals surface area contributed by atoms with Gasteiger partial charge in [0, 0.05) is 17.7 Å². The molecule has 1 amide bonds. The van der Waals surface area contributed by atoms with Gasteiger partial charge in [-0.25, -0.2) is 0 Å². The van der Waals surface area contributed by atoms with Gasteiger partial charge in [0.15, 0.2) is 6.10 Å². The first-order chi connectivity index (χ1) is 9.15. The zero-order valence-corrected chi connectivity index (χ0v) is 11.9. The van der Waals surface area contributed by atoms with Crippen LogP contribution in [0.4, 0.5) is 0 Å². The molecule has 5 heteroatoms. The van der Waals surface area contributed by atoms with Gasteiger partial charge in [0.05, 0.1) is 6.61 Å². The molecule has 0 bridgehead atoms. The van der Waals surface area contributed by atoms with Crippen molar-refractivity contribution in [1.82, 2.24) is 5.32 Å². The van der Waals surface area contributed by atoms with E-state index in [2.05, 4.69) is 5.32 Å². The predicted molar refractivity (Wildman–Crippen MR) is 76.6 cm³/mol. The second kappa shape index (κ2) is 6.30. The third kappa shape index (κ3) is 3.22. The number of para-hydroxylation sites is 1. The van der Waals surface area contributed by atoms with Gasteiger partial charge in [-0.3, -0.25) is 4.79 Å². The van der Waals surface area contributed by atoms with Gasteiger partial charge in [0.1, 0.15) is 5.75 Å². The summed E-state index contributed by atoms with van der Waals surface area (Å²) in [4.78, 5) is 12.1. The van der Waals surface area contributed by atoms with Crippen LogP contribution in [0.15, 0.2) is 24.3 Å². The minimum atomic E-state index is -0.457. The highest BCUT2D eigenvalue weighted by Crippen LogP contribution is 2.28. The number of aliphatic hydroxyl groups is 1. The Balaban J connectivity index is 1.93. The van der Waals surface area contributed by atoms with E-state index in [9.17, 15) is 9.90 Å². The average Bonchev–Trinajstić information content (AvgIpc) is 2.84. The molecule has 1 aliphatic heterocycles. The molecule has 0 radical (unpaired) electrons. The van der Waals surface area contributed by atoms with Gasteiger partial charge < -0.3 is 15.2 Å². The van der Waals surface area contributed by atoms with E-state index in [-0.39, 0.29) is 23.8 Å². The normalized spacial score (nSPS) is 20.3. The third-order valence-corrected chi connectivity index (χ3v) is 4.51. The summed E-state index contributed by atoms with van der Waals surface area (Å²) in [5.41, 5.74) is 1.07. The van der Waals surface area contributed by atoms with Crippen LogP contribution in [-0.2, 0) is 11.2 Å². The Morgan fingerprint density at radius 1 is 1.58 bits per heavy atom. The molecule has 0 fully saturated rings. The van der Waals surface area contributed by atoms with E-state index >= 15 is 0 Å². The fourth-order valence-corrected chi connectivity index (χ4v) is 2.80. The molecule has 1 aliphatic rings. The number of thioether (sulfide) groups is 1. The fourth-order valence-electron chi connectivity index (χ4n) is 2.18. The number of aliphatic hydroxyl groups excluding tert-OH is 1. The van der Waals surface area contributed by atoms with Crippen molar-refractivity contribution in [2.45, 2.75) is 30.7 Å². The van der Waals surface area contributed by atoms with Crippen molar-refractivity contribution >= 4 is 17.7 Å². The highest BCUT2D eigenvalue weighted by Gasteiger charge is 2.30. The largest absolute Gasteiger partial charge is 0.480 e. The lowest BCUT2D eigenvalue weighted by atomic mass is 10.1. The molecule has 0 aliphatic carbocycles. The number of hydrogen-bond donors (Lipinski definition) is 2. The Hall–Kier alpha value is -1.20. The Morgan fingerprint density at radius 3 is 2.95 bits per heavy atom. The van der Waals surface area contributed by atoms with Crippen molar-refractivity contribution < 1.29 is 14.6 Å². The minimum Gasteiger partial charge on any atom is -0.480 e. The van der Waals surface area contributed by atoms with Crippen molar-refractivity contribution in [3.05, 3.63) is 29.8 Å². The Kier molecular flexibility index (Phi) is 4.71. The molecule has 0 aromatic heterocycles. The lowest BCUT2D eigenvalue weighted by Crippen LogP contribution is -2.46. The van der Waals surface area contributed by atoms with Crippen LogP contribution in [-0.4, -0.2) is 41.3 Å². The summed E-state index contributed by atoms with van der Waals surface area (Å²) in [5.74, 6) is 0.676. The van der Waals surface area contributed by atoms with Crippen molar-refractivity contribution in [3.63, 3.8) is 0 Å². The molecular weight excluding hydrogens is 262 g/mol. The number of carbonyl (C=O) groups is 1. The Labute approximate surface area is 117 Å². The van der Waals surface area contributed by atoms with E-state index in [1.807, 2.05) is 37.4 Å². The second-order valence-corrected chi connectivity index (χ2v) is 5.75. The lowest BCUT2D eigenvalue weighted by Gasteiger charge is -2.22. The molecule has 104 valence electrons. The summed E-state index contributed by atoms with van der Waals surface area (Å²) in [6, 6.07) is 7.62. The molecular formula is C14H19NO3S. The quantitative estimate of drug-likeness (QED) is 0.852. The van der Waals surface area contributed by atoms with Gasteiger partial charge in [0.25, 0.3) is 5.91 Å². The van der Waals surface area contributed by atoms with Crippen LogP contribution in [0.2, 0.25) is 0 Å². The van der Waals surface area contributed by atoms with E-state index < -0.39 is 6.10 Å². The maximum Gasteiger partial charge on any atom is 0.261 e. The van der Waals surface area contributed by atoms with Gasteiger partial charge in [0.2, 0.25) is 0 Å². The Morgan fingerprint density at radius 2 is 2.32 bits per heavy atom. The van der Waals surface area contributed by atoms with Gasteiger partial charge >= 0.3 is 0 Å². The number of nitrogens with one attached hydrogen (secondary N) is 1. The molecule has 3 atom stereocenters. The number of hydrogen-bond acceptors (Lipinski definition) is 4.